The first-order valence-corrected chi connectivity index (χ1v) is 9.73. The van der Waals surface area contributed by atoms with Gasteiger partial charge in [-0.15, -0.1) is 0 Å². The van der Waals surface area contributed by atoms with Crippen LogP contribution in [0.15, 0.2) is 0 Å². The molecule has 5 atom stereocenters. The lowest BCUT2D eigenvalue weighted by atomic mass is 9.94. The molecular formula is C11H14O9S2. The van der Waals surface area contributed by atoms with E-state index in [2.05, 4.69) is 0 Å². The molecule has 4 rings (SSSR count). The van der Waals surface area contributed by atoms with Gasteiger partial charge in [0.15, 0.2) is 5.78 Å². The summed E-state index contributed by atoms with van der Waals surface area (Å²) in [6.07, 6.45) is -1.16. The molecule has 2 aliphatic heterocycles. The molecule has 9 nitrogen and oxygen atoms in total. The molecule has 124 valence electrons. The minimum Gasteiger partial charge on any atom is -0.459 e. The van der Waals surface area contributed by atoms with Crippen LogP contribution in [0, 0.1) is 11.8 Å². The van der Waals surface area contributed by atoms with Crippen LogP contribution in [0.2, 0.25) is 0 Å². The predicted molar refractivity (Wildman–Crippen MR) is 69.7 cm³/mol. The van der Waals surface area contributed by atoms with E-state index in [4.69, 9.17) is 13.5 Å². The largest absolute Gasteiger partial charge is 0.459 e. The monoisotopic (exact) mass is 354 g/mol. The lowest BCUT2D eigenvalue weighted by Gasteiger charge is -2.39. The molecule has 2 heterocycles. The van der Waals surface area contributed by atoms with Crippen LogP contribution in [0.1, 0.15) is 19.3 Å². The molecule has 22 heavy (non-hydrogen) atoms. The Bertz CT molecular complexity index is 721. The van der Waals surface area contributed by atoms with Crippen molar-refractivity contribution in [3.63, 3.8) is 0 Å². The third-order valence-corrected chi connectivity index (χ3v) is 6.83. The highest BCUT2D eigenvalue weighted by molar-refractivity contribution is 7.87. The molecular weight excluding hydrogens is 340 g/mol. The van der Waals surface area contributed by atoms with Gasteiger partial charge in [-0.3, -0.25) is 18.3 Å². The second-order valence-electron chi connectivity index (χ2n) is 5.88. The number of rotatable bonds is 5. The number of Topliss-reactive ketones (excluding diaryl/α,β-unsaturated/α-hetero) is 1. The van der Waals surface area contributed by atoms with Crippen molar-refractivity contribution in [3.05, 3.63) is 0 Å². The second-order valence-corrected chi connectivity index (χ2v) is 9.12. The van der Waals surface area contributed by atoms with Crippen molar-refractivity contribution >= 4 is 32.0 Å². The molecule has 2 aliphatic carbocycles. The van der Waals surface area contributed by atoms with Crippen LogP contribution in [0.5, 0.6) is 0 Å². The summed E-state index contributed by atoms with van der Waals surface area (Å²) in [6.45, 7) is 0. The van der Waals surface area contributed by atoms with Crippen LogP contribution >= 0.6 is 0 Å². The van der Waals surface area contributed by atoms with E-state index in [9.17, 15) is 26.4 Å². The summed E-state index contributed by atoms with van der Waals surface area (Å²) in [4.78, 5) is 23.0. The summed E-state index contributed by atoms with van der Waals surface area (Å²) in [5.74, 6) is -3.41. The van der Waals surface area contributed by atoms with Crippen LogP contribution < -0.4 is 0 Å². The fourth-order valence-electron chi connectivity index (χ4n) is 3.65. The van der Waals surface area contributed by atoms with Crippen LogP contribution in [-0.2, 0) is 38.7 Å². The van der Waals surface area contributed by atoms with Crippen LogP contribution in [-0.4, -0.2) is 56.4 Å². The van der Waals surface area contributed by atoms with E-state index in [0.717, 1.165) is 0 Å². The summed E-state index contributed by atoms with van der Waals surface area (Å²) in [5, 5.41) is -0.686. The molecule has 1 N–H and O–H groups in total. The van der Waals surface area contributed by atoms with E-state index in [1.807, 2.05) is 0 Å². The van der Waals surface area contributed by atoms with Crippen molar-refractivity contribution in [2.45, 2.75) is 36.7 Å². The van der Waals surface area contributed by atoms with Crippen molar-refractivity contribution in [3.8, 4) is 0 Å². The van der Waals surface area contributed by atoms with Gasteiger partial charge in [0.1, 0.15) is 24.4 Å². The normalized spacial score (nSPS) is 38.1. The van der Waals surface area contributed by atoms with Gasteiger partial charge in [0.2, 0.25) is 0 Å². The molecule has 2 saturated carbocycles. The fourth-order valence-corrected chi connectivity index (χ4v) is 6.06. The van der Waals surface area contributed by atoms with Gasteiger partial charge < -0.3 is 4.74 Å². The number of ketones is 1. The van der Waals surface area contributed by atoms with E-state index in [1.165, 1.54) is 0 Å². The zero-order valence-corrected chi connectivity index (χ0v) is 12.9. The molecule has 4 bridgehead atoms. The van der Waals surface area contributed by atoms with Crippen molar-refractivity contribution in [1.82, 2.24) is 0 Å². The second kappa shape index (κ2) is 4.98. The Kier molecular flexibility index (Phi) is 3.59. The van der Waals surface area contributed by atoms with Gasteiger partial charge in [-0.05, 0) is 18.8 Å². The van der Waals surface area contributed by atoms with Crippen LogP contribution in [0.3, 0.4) is 0 Å². The lowest BCUT2D eigenvalue weighted by molar-refractivity contribution is -0.159. The minimum absolute atomic E-state index is 0.0184. The smallest absolute Gasteiger partial charge is 0.313 e. The highest BCUT2D eigenvalue weighted by Gasteiger charge is 2.65. The zero-order valence-electron chi connectivity index (χ0n) is 11.2. The SMILES string of the molecule is O=C(CC(=O)OC1C2CC3CC2S(=O)(=O)OC31)CS(=O)(=O)O. The first kappa shape index (κ1) is 15.8. The van der Waals surface area contributed by atoms with Gasteiger partial charge in [0, 0.05) is 5.92 Å². The Morgan fingerprint density at radius 2 is 1.95 bits per heavy atom. The first-order chi connectivity index (χ1) is 10.1. The maximum absolute atomic E-state index is 11.7. The maximum atomic E-state index is 11.7. The summed E-state index contributed by atoms with van der Waals surface area (Å²) in [7, 11) is -8.11. The maximum Gasteiger partial charge on any atom is 0.313 e. The van der Waals surface area contributed by atoms with Crippen LogP contribution in [0.4, 0.5) is 0 Å². The van der Waals surface area contributed by atoms with Gasteiger partial charge in [-0.25, -0.2) is 0 Å². The van der Waals surface area contributed by atoms with E-state index in [0.29, 0.717) is 12.8 Å². The van der Waals surface area contributed by atoms with Crippen molar-refractivity contribution in [2.24, 2.45) is 11.8 Å². The number of carbonyl (C=O) groups excluding carboxylic acids is 2. The van der Waals surface area contributed by atoms with Gasteiger partial charge in [0.05, 0.1) is 5.25 Å². The average molecular weight is 354 g/mol. The molecule has 0 aromatic rings. The third kappa shape index (κ3) is 2.77. The first-order valence-electron chi connectivity index (χ1n) is 6.65. The van der Waals surface area contributed by atoms with E-state index in [1.54, 1.807) is 0 Å². The number of hydrogen-bond donors (Lipinski definition) is 1. The van der Waals surface area contributed by atoms with Gasteiger partial charge in [-0.2, -0.15) is 16.8 Å². The number of ether oxygens (including phenoxy) is 1. The quantitative estimate of drug-likeness (QED) is 0.281. The Morgan fingerprint density at radius 1 is 1.27 bits per heavy atom. The van der Waals surface area contributed by atoms with Gasteiger partial charge in [0.25, 0.3) is 20.2 Å². The average Bonchev–Trinajstić information content (AvgIpc) is 2.83. The van der Waals surface area contributed by atoms with Crippen molar-refractivity contribution < 1.29 is 39.9 Å². The van der Waals surface area contributed by atoms with Gasteiger partial charge >= 0.3 is 5.97 Å². The molecule has 0 radical (unpaired) electrons. The van der Waals surface area contributed by atoms with Crippen LogP contribution in [0.25, 0.3) is 0 Å². The molecule has 11 heteroatoms. The Hall–Kier alpha value is -1.04. The summed E-state index contributed by atoms with van der Waals surface area (Å²) < 4.78 is 63.2. The van der Waals surface area contributed by atoms with Crippen molar-refractivity contribution in [2.75, 3.05) is 5.75 Å². The highest BCUT2D eigenvalue weighted by atomic mass is 32.2. The number of esters is 1. The molecule has 2 saturated heterocycles. The number of hydrogen-bond acceptors (Lipinski definition) is 8. The number of fused-ring (bicyclic) bond motifs is 1. The van der Waals surface area contributed by atoms with E-state index >= 15 is 0 Å². The Morgan fingerprint density at radius 3 is 2.55 bits per heavy atom. The Balaban J connectivity index is 1.62. The molecule has 0 amide bonds. The highest BCUT2D eigenvalue weighted by Crippen LogP contribution is 2.55. The van der Waals surface area contributed by atoms with E-state index in [-0.39, 0.29) is 11.8 Å². The van der Waals surface area contributed by atoms with Crippen molar-refractivity contribution in [1.29, 1.82) is 0 Å². The van der Waals surface area contributed by atoms with E-state index < -0.39 is 61.6 Å². The molecule has 4 aliphatic rings. The Labute approximate surface area is 126 Å². The zero-order chi connectivity index (χ0) is 16.3. The third-order valence-electron chi connectivity index (χ3n) is 4.37. The lowest BCUT2D eigenvalue weighted by Crippen LogP contribution is -2.53. The molecule has 5 unspecified atom stereocenters. The minimum atomic E-state index is -4.49. The summed E-state index contributed by atoms with van der Waals surface area (Å²) in [5.41, 5.74) is 0. The predicted octanol–water partition coefficient (Wildman–Crippen LogP) is -1.12. The molecule has 4 fully saturated rings. The fraction of sp³-hybridized carbons (Fsp3) is 0.818. The molecule has 0 aromatic carbocycles. The topological polar surface area (TPSA) is 141 Å². The molecule has 0 spiro atoms. The standard InChI is InChI=1S/C11H14O9S2/c12-6(4-21(14,15)16)3-9(13)19-11-7-1-5-2-8(7)22(17,18)20-10(5)11/h5,7-8,10-11H,1-4H2,(H,14,15,16). The number of carbonyl (C=O) groups is 2. The summed E-state index contributed by atoms with van der Waals surface area (Å²) >= 11 is 0. The molecule has 0 aromatic heterocycles. The van der Waals surface area contributed by atoms with Gasteiger partial charge in [-0.1, -0.05) is 0 Å². The summed E-state index contributed by atoms with van der Waals surface area (Å²) in [6, 6.07) is 0.